The molecule has 2 unspecified atom stereocenters. The Labute approximate surface area is 131 Å². The molecule has 1 saturated carbocycles. The van der Waals surface area contributed by atoms with Crippen LogP contribution in [0.25, 0.3) is 6.08 Å². The Balaban J connectivity index is 2.00. The number of carbonyl (C=O) groups is 1. The molecule has 0 amide bonds. The lowest BCUT2D eigenvalue weighted by atomic mass is 9.87. The number of benzene rings is 1. The molecule has 3 atom stereocenters. The molecule has 6 N–H and O–H groups in total. The molecule has 1 aromatic carbocycles. The second-order valence-corrected chi connectivity index (χ2v) is 5.51. The number of ether oxygens (including phenoxy) is 1. The fourth-order valence-electron chi connectivity index (χ4n) is 2.34. The smallest absolute Gasteiger partial charge is 0.331 e. The van der Waals surface area contributed by atoms with Gasteiger partial charge in [0.25, 0.3) is 0 Å². The number of phenolic OH excluding ortho intramolecular Hbond substituents is 2. The minimum Gasteiger partial charge on any atom is -0.504 e. The van der Waals surface area contributed by atoms with Gasteiger partial charge in [0.15, 0.2) is 17.3 Å². The van der Waals surface area contributed by atoms with Gasteiger partial charge in [-0.2, -0.15) is 0 Å². The number of esters is 1. The van der Waals surface area contributed by atoms with Gasteiger partial charge in [0.05, 0.1) is 6.10 Å². The molecule has 1 aliphatic rings. The minimum absolute atomic E-state index is 0.300. The van der Waals surface area contributed by atoms with E-state index in [1.807, 2.05) is 0 Å². The summed E-state index contributed by atoms with van der Waals surface area (Å²) >= 11 is 0. The number of aromatic hydroxyl groups is 2. The molecule has 0 aromatic heterocycles. The molecule has 0 saturated heterocycles. The SMILES string of the molecule is O=C(/C=C/c1ccc(O)c(O)c1)OC1CC(O)(O)CC(O)[C@H]1O. The highest BCUT2D eigenvalue weighted by atomic mass is 16.6. The van der Waals surface area contributed by atoms with Gasteiger partial charge < -0.3 is 35.4 Å². The molecule has 23 heavy (non-hydrogen) atoms. The van der Waals surface area contributed by atoms with Crippen molar-refractivity contribution >= 4 is 12.0 Å². The molecular weight excluding hydrogens is 308 g/mol. The molecule has 0 bridgehead atoms. The first kappa shape index (κ1) is 17.2. The number of hydrogen-bond acceptors (Lipinski definition) is 8. The average molecular weight is 326 g/mol. The molecule has 2 rings (SSSR count). The van der Waals surface area contributed by atoms with Crippen molar-refractivity contribution in [2.45, 2.75) is 36.9 Å². The Morgan fingerprint density at radius 3 is 2.52 bits per heavy atom. The van der Waals surface area contributed by atoms with E-state index in [4.69, 9.17) is 4.74 Å². The summed E-state index contributed by atoms with van der Waals surface area (Å²) in [7, 11) is 0. The van der Waals surface area contributed by atoms with E-state index in [1.165, 1.54) is 24.3 Å². The van der Waals surface area contributed by atoms with Crippen molar-refractivity contribution in [3.8, 4) is 11.5 Å². The first-order valence-electron chi connectivity index (χ1n) is 6.89. The molecule has 0 spiro atoms. The van der Waals surface area contributed by atoms with E-state index < -0.39 is 42.9 Å². The highest BCUT2D eigenvalue weighted by molar-refractivity contribution is 5.87. The third-order valence-electron chi connectivity index (χ3n) is 3.52. The summed E-state index contributed by atoms with van der Waals surface area (Å²) in [6.07, 6.45) is -2.66. The van der Waals surface area contributed by atoms with Gasteiger partial charge in [-0.25, -0.2) is 4.79 Å². The van der Waals surface area contributed by atoms with E-state index in [9.17, 15) is 35.4 Å². The molecule has 0 heterocycles. The molecule has 8 heteroatoms. The number of carbonyl (C=O) groups excluding carboxylic acids is 1. The maximum atomic E-state index is 11.7. The van der Waals surface area contributed by atoms with Gasteiger partial charge in [-0.05, 0) is 23.8 Å². The zero-order valence-electron chi connectivity index (χ0n) is 12.0. The lowest BCUT2D eigenvalue weighted by Gasteiger charge is -2.38. The summed E-state index contributed by atoms with van der Waals surface area (Å²) in [5.41, 5.74) is 0.417. The predicted octanol–water partition coefficient (Wildman–Crippen LogP) is -0.781. The van der Waals surface area contributed by atoms with Gasteiger partial charge in [-0.15, -0.1) is 0 Å². The van der Waals surface area contributed by atoms with Crippen LogP contribution in [0.3, 0.4) is 0 Å². The van der Waals surface area contributed by atoms with Gasteiger partial charge in [0.1, 0.15) is 12.2 Å². The van der Waals surface area contributed by atoms with Gasteiger partial charge in [0, 0.05) is 18.9 Å². The fourth-order valence-corrected chi connectivity index (χ4v) is 2.34. The van der Waals surface area contributed by atoms with Crippen LogP contribution in [0.1, 0.15) is 18.4 Å². The van der Waals surface area contributed by atoms with Crippen LogP contribution >= 0.6 is 0 Å². The van der Waals surface area contributed by atoms with Crippen LogP contribution in [0.4, 0.5) is 0 Å². The summed E-state index contributed by atoms with van der Waals surface area (Å²) in [6.45, 7) is 0. The highest BCUT2D eigenvalue weighted by Gasteiger charge is 2.44. The maximum Gasteiger partial charge on any atom is 0.331 e. The molecule has 8 nitrogen and oxygen atoms in total. The largest absolute Gasteiger partial charge is 0.504 e. The standard InChI is InChI=1S/C15H18O8/c16-9-3-1-8(5-10(9)17)2-4-13(19)23-12-7-15(21,22)6-11(18)14(12)20/h1-5,11-12,14,16-18,20-22H,6-7H2/b4-2+/t11?,12?,14-/m1/s1. The Morgan fingerprint density at radius 2 is 1.87 bits per heavy atom. The maximum absolute atomic E-state index is 11.7. The molecule has 1 fully saturated rings. The van der Waals surface area contributed by atoms with Crippen molar-refractivity contribution in [3.63, 3.8) is 0 Å². The van der Waals surface area contributed by atoms with Crippen LogP contribution in [-0.4, -0.2) is 60.7 Å². The number of aliphatic hydroxyl groups is 4. The van der Waals surface area contributed by atoms with E-state index in [0.29, 0.717) is 5.56 Å². The minimum atomic E-state index is -2.23. The van der Waals surface area contributed by atoms with Crippen molar-refractivity contribution in [1.82, 2.24) is 0 Å². The number of rotatable bonds is 3. The van der Waals surface area contributed by atoms with E-state index in [0.717, 1.165) is 6.08 Å². The first-order chi connectivity index (χ1) is 10.7. The van der Waals surface area contributed by atoms with Crippen LogP contribution in [0.15, 0.2) is 24.3 Å². The van der Waals surface area contributed by atoms with Gasteiger partial charge in [0.2, 0.25) is 0 Å². The Bertz CT molecular complexity index is 609. The lowest BCUT2D eigenvalue weighted by molar-refractivity contribution is -0.248. The highest BCUT2D eigenvalue weighted by Crippen LogP contribution is 2.29. The molecule has 126 valence electrons. The van der Waals surface area contributed by atoms with E-state index in [1.54, 1.807) is 0 Å². The molecule has 1 aliphatic carbocycles. The van der Waals surface area contributed by atoms with Crippen LogP contribution in [0.2, 0.25) is 0 Å². The first-order valence-corrected chi connectivity index (χ1v) is 6.89. The second-order valence-electron chi connectivity index (χ2n) is 5.51. The third kappa shape index (κ3) is 4.42. The normalized spacial score (nSPS) is 27.0. The Morgan fingerprint density at radius 1 is 1.17 bits per heavy atom. The summed E-state index contributed by atoms with van der Waals surface area (Å²) in [6, 6.07) is 3.92. The quantitative estimate of drug-likeness (QED) is 0.183. The zero-order valence-corrected chi connectivity index (χ0v) is 12.0. The summed E-state index contributed by atoms with van der Waals surface area (Å²) < 4.78 is 4.92. The predicted molar refractivity (Wildman–Crippen MR) is 77.1 cm³/mol. The van der Waals surface area contributed by atoms with E-state index >= 15 is 0 Å². The van der Waals surface area contributed by atoms with Crippen molar-refractivity contribution in [1.29, 1.82) is 0 Å². The van der Waals surface area contributed by atoms with Gasteiger partial charge in [-0.1, -0.05) is 6.07 Å². The summed E-state index contributed by atoms with van der Waals surface area (Å²) in [5.74, 6) is -3.75. The van der Waals surface area contributed by atoms with Crippen LogP contribution in [0.5, 0.6) is 11.5 Å². The third-order valence-corrected chi connectivity index (χ3v) is 3.52. The van der Waals surface area contributed by atoms with Gasteiger partial charge in [-0.3, -0.25) is 0 Å². The van der Waals surface area contributed by atoms with Crippen molar-refractivity contribution < 1.29 is 40.2 Å². The lowest BCUT2D eigenvalue weighted by Crippen LogP contribution is -2.53. The Hall–Kier alpha value is -2.13. The molecule has 0 radical (unpaired) electrons. The molecule has 0 aliphatic heterocycles. The molecular formula is C15H18O8. The van der Waals surface area contributed by atoms with E-state index in [-0.39, 0.29) is 11.5 Å². The van der Waals surface area contributed by atoms with Crippen LogP contribution < -0.4 is 0 Å². The average Bonchev–Trinajstić information content (AvgIpc) is 2.45. The summed E-state index contributed by atoms with van der Waals surface area (Å²) in [5, 5.41) is 56.8. The fraction of sp³-hybridized carbons (Fsp3) is 0.400. The van der Waals surface area contributed by atoms with Crippen LogP contribution in [-0.2, 0) is 9.53 Å². The van der Waals surface area contributed by atoms with Crippen LogP contribution in [0, 0.1) is 0 Å². The Kier molecular flexibility index (Phi) is 4.90. The zero-order chi connectivity index (χ0) is 17.2. The summed E-state index contributed by atoms with van der Waals surface area (Å²) in [4.78, 5) is 11.7. The van der Waals surface area contributed by atoms with Crippen molar-refractivity contribution in [2.75, 3.05) is 0 Å². The number of phenols is 2. The van der Waals surface area contributed by atoms with Gasteiger partial charge >= 0.3 is 5.97 Å². The van der Waals surface area contributed by atoms with E-state index in [2.05, 4.69) is 0 Å². The topological polar surface area (TPSA) is 148 Å². The number of hydrogen-bond donors (Lipinski definition) is 6. The van der Waals surface area contributed by atoms with Crippen molar-refractivity contribution in [2.24, 2.45) is 0 Å². The second kappa shape index (κ2) is 6.55. The van der Waals surface area contributed by atoms with Crippen molar-refractivity contribution in [3.05, 3.63) is 29.8 Å². The molecule has 1 aromatic rings. The number of aliphatic hydroxyl groups excluding tert-OH is 2. The monoisotopic (exact) mass is 326 g/mol.